The monoisotopic (exact) mass is 259 g/mol. The zero-order valence-electron chi connectivity index (χ0n) is 10.5. The lowest BCUT2D eigenvalue weighted by molar-refractivity contribution is -0.139. The van der Waals surface area contributed by atoms with Gasteiger partial charge >= 0.3 is 5.97 Å². The van der Waals surface area contributed by atoms with E-state index in [1.165, 1.54) is 0 Å². The van der Waals surface area contributed by atoms with Crippen LogP contribution in [0.3, 0.4) is 0 Å². The zero-order valence-corrected chi connectivity index (χ0v) is 11.3. The van der Waals surface area contributed by atoms with Crippen LogP contribution in [0.4, 0.5) is 0 Å². The molecular formula is C12H21NO3S. The molecule has 0 saturated carbocycles. The number of hydrogen-bond donors (Lipinski definition) is 1. The van der Waals surface area contributed by atoms with E-state index in [9.17, 15) is 9.59 Å². The van der Waals surface area contributed by atoms with Gasteiger partial charge in [-0.1, -0.05) is 6.92 Å². The van der Waals surface area contributed by atoms with Crippen LogP contribution in [-0.2, 0) is 9.59 Å². The molecular weight excluding hydrogens is 238 g/mol. The van der Waals surface area contributed by atoms with E-state index >= 15 is 0 Å². The maximum absolute atomic E-state index is 12.0. The number of carbonyl (C=O) groups is 2. The van der Waals surface area contributed by atoms with Crippen LogP contribution in [0.15, 0.2) is 0 Å². The Hall–Kier alpha value is -0.710. The molecule has 1 aliphatic rings. The van der Waals surface area contributed by atoms with Crippen LogP contribution in [0.1, 0.15) is 26.2 Å². The first kappa shape index (κ1) is 14.4. The number of hydrogen-bond acceptors (Lipinski definition) is 3. The summed E-state index contributed by atoms with van der Waals surface area (Å²) < 4.78 is 0. The second kappa shape index (κ2) is 6.89. The van der Waals surface area contributed by atoms with Gasteiger partial charge in [-0.2, -0.15) is 11.8 Å². The summed E-state index contributed by atoms with van der Waals surface area (Å²) in [6.07, 6.45) is 3.89. The van der Waals surface area contributed by atoms with E-state index in [2.05, 4.69) is 0 Å². The standard InChI is InChI=1S/C12H21NO3S/c1-9(8-17-2)12(16)13-5-3-10(4-6-13)7-11(14)15/h9-10H,3-8H2,1-2H3,(H,14,15). The minimum atomic E-state index is -0.731. The molecule has 0 aromatic heterocycles. The van der Waals surface area contributed by atoms with Crippen molar-refractivity contribution < 1.29 is 14.7 Å². The van der Waals surface area contributed by atoms with Crippen molar-refractivity contribution in [2.45, 2.75) is 26.2 Å². The number of nitrogens with zero attached hydrogens (tertiary/aromatic N) is 1. The Morgan fingerprint density at radius 3 is 2.47 bits per heavy atom. The van der Waals surface area contributed by atoms with Crippen LogP contribution in [0.5, 0.6) is 0 Å². The zero-order chi connectivity index (χ0) is 12.8. The van der Waals surface area contributed by atoms with Crippen molar-refractivity contribution in [1.82, 2.24) is 4.90 Å². The summed E-state index contributed by atoms with van der Waals surface area (Å²) in [5.41, 5.74) is 0. The van der Waals surface area contributed by atoms with Crippen molar-refractivity contribution >= 4 is 23.6 Å². The van der Waals surface area contributed by atoms with Crippen LogP contribution in [0.2, 0.25) is 0 Å². The van der Waals surface area contributed by atoms with Gasteiger partial charge in [0.05, 0.1) is 0 Å². The predicted molar refractivity (Wildman–Crippen MR) is 69.1 cm³/mol. The Balaban J connectivity index is 2.35. The summed E-state index contributed by atoms with van der Waals surface area (Å²) >= 11 is 1.69. The van der Waals surface area contributed by atoms with Crippen LogP contribution in [0.25, 0.3) is 0 Å². The molecule has 4 nitrogen and oxygen atoms in total. The van der Waals surface area contributed by atoms with Crippen molar-refractivity contribution in [3.8, 4) is 0 Å². The third-order valence-electron chi connectivity index (χ3n) is 3.23. The molecule has 0 spiro atoms. The Labute approximate surface area is 107 Å². The Morgan fingerprint density at radius 2 is 2.00 bits per heavy atom. The molecule has 1 heterocycles. The molecule has 1 amide bonds. The predicted octanol–water partition coefficient (Wildman–Crippen LogP) is 1.70. The third-order valence-corrected chi connectivity index (χ3v) is 4.06. The van der Waals surface area contributed by atoms with Crippen LogP contribution in [-0.4, -0.2) is 47.0 Å². The minimum absolute atomic E-state index is 0.0704. The largest absolute Gasteiger partial charge is 0.481 e. The van der Waals surface area contributed by atoms with E-state index in [-0.39, 0.29) is 24.2 Å². The number of carbonyl (C=O) groups excluding carboxylic acids is 1. The lowest BCUT2D eigenvalue weighted by atomic mass is 9.93. The molecule has 98 valence electrons. The molecule has 0 aromatic carbocycles. The quantitative estimate of drug-likeness (QED) is 0.816. The van der Waals surface area contributed by atoms with Crippen molar-refractivity contribution in [3.63, 3.8) is 0 Å². The normalized spacial score (nSPS) is 19.1. The fourth-order valence-electron chi connectivity index (χ4n) is 2.24. The summed E-state index contributed by atoms with van der Waals surface area (Å²) in [5, 5.41) is 8.72. The Bertz CT molecular complexity index is 275. The average molecular weight is 259 g/mol. The number of likely N-dealkylation sites (tertiary alicyclic amines) is 1. The summed E-state index contributed by atoms with van der Waals surface area (Å²) in [4.78, 5) is 24.5. The van der Waals surface area contributed by atoms with Gasteiger partial charge in [0.25, 0.3) is 0 Å². The highest BCUT2D eigenvalue weighted by Crippen LogP contribution is 2.22. The molecule has 0 aromatic rings. The summed E-state index contributed by atoms with van der Waals surface area (Å²) in [7, 11) is 0. The first-order valence-electron chi connectivity index (χ1n) is 6.04. The van der Waals surface area contributed by atoms with Gasteiger partial charge in [0.1, 0.15) is 0 Å². The SMILES string of the molecule is CSCC(C)C(=O)N1CCC(CC(=O)O)CC1. The number of carboxylic acids is 1. The summed E-state index contributed by atoms with van der Waals surface area (Å²) in [6, 6.07) is 0. The maximum atomic E-state index is 12.0. The molecule has 0 aliphatic carbocycles. The molecule has 17 heavy (non-hydrogen) atoms. The van der Waals surface area contributed by atoms with Crippen LogP contribution < -0.4 is 0 Å². The number of amides is 1. The fraction of sp³-hybridized carbons (Fsp3) is 0.833. The van der Waals surface area contributed by atoms with Gasteiger partial charge in [-0.25, -0.2) is 0 Å². The van der Waals surface area contributed by atoms with Gasteiger partial charge in [-0.15, -0.1) is 0 Å². The highest BCUT2D eigenvalue weighted by molar-refractivity contribution is 7.98. The molecule has 1 rings (SSSR count). The van der Waals surface area contributed by atoms with Crippen LogP contribution >= 0.6 is 11.8 Å². The second-order valence-corrected chi connectivity index (χ2v) is 5.63. The topological polar surface area (TPSA) is 57.6 Å². The van der Waals surface area contributed by atoms with Gasteiger partial charge in [-0.3, -0.25) is 9.59 Å². The number of carboxylic acid groups (broad SMARTS) is 1. The molecule has 1 atom stereocenters. The third kappa shape index (κ3) is 4.58. The lowest BCUT2D eigenvalue weighted by Gasteiger charge is -2.33. The smallest absolute Gasteiger partial charge is 0.303 e. The second-order valence-electron chi connectivity index (χ2n) is 4.72. The van der Waals surface area contributed by atoms with Gasteiger partial charge in [0, 0.05) is 31.2 Å². The molecule has 0 bridgehead atoms. The molecule has 0 radical (unpaired) electrons. The van der Waals surface area contributed by atoms with E-state index in [0.717, 1.165) is 31.7 Å². The van der Waals surface area contributed by atoms with Crippen molar-refractivity contribution in [3.05, 3.63) is 0 Å². The molecule has 1 saturated heterocycles. The highest BCUT2D eigenvalue weighted by Gasteiger charge is 2.26. The highest BCUT2D eigenvalue weighted by atomic mass is 32.2. The van der Waals surface area contributed by atoms with E-state index in [4.69, 9.17) is 5.11 Å². The number of thioether (sulfide) groups is 1. The van der Waals surface area contributed by atoms with Gasteiger partial charge < -0.3 is 10.0 Å². The maximum Gasteiger partial charge on any atom is 0.303 e. The first-order chi connectivity index (χ1) is 8.04. The van der Waals surface area contributed by atoms with Crippen molar-refractivity contribution in [2.75, 3.05) is 25.1 Å². The van der Waals surface area contributed by atoms with E-state index in [1.807, 2.05) is 18.1 Å². The van der Waals surface area contributed by atoms with Gasteiger partial charge in [0.2, 0.25) is 5.91 Å². The molecule has 1 unspecified atom stereocenters. The van der Waals surface area contributed by atoms with Crippen molar-refractivity contribution in [2.24, 2.45) is 11.8 Å². The number of aliphatic carboxylic acids is 1. The number of piperidine rings is 1. The first-order valence-corrected chi connectivity index (χ1v) is 7.43. The molecule has 1 aliphatic heterocycles. The molecule has 1 N–H and O–H groups in total. The molecule has 5 heteroatoms. The minimum Gasteiger partial charge on any atom is -0.481 e. The summed E-state index contributed by atoms with van der Waals surface area (Å²) in [5.74, 6) is 0.653. The Morgan fingerprint density at radius 1 is 1.41 bits per heavy atom. The van der Waals surface area contributed by atoms with Crippen molar-refractivity contribution in [1.29, 1.82) is 0 Å². The lowest BCUT2D eigenvalue weighted by Crippen LogP contribution is -2.42. The Kier molecular flexibility index (Phi) is 5.82. The van der Waals surface area contributed by atoms with Gasteiger partial charge in [0.15, 0.2) is 0 Å². The van der Waals surface area contributed by atoms with E-state index in [1.54, 1.807) is 11.8 Å². The number of rotatable bonds is 5. The average Bonchev–Trinajstić information content (AvgIpc) is 2.28. The van der Waals surface area contributed by atoms with Gasteiger partial charge in [-0.05, 0) is 25.0 Å². The van der Waals surface area contributed by atoms with E-state index < -0.39 is 5.97 Å². The fourth-order valence-corrected chi connectivity index (χ4v) is 2.88. The summed E-state index contributed by atoms with van der Waals surface area (Å²) in [6.45, 7) is 3.40. The molecule has 1 fully saturated rings. The van der Waals surface area contributed by atoms with E-state index in [0.29, 0.717) is 0 Å². The van der Waals surface area contributed by atoms with Crippen LogP contribution in [0, 0.1) is 11.8 Å².